The normalized spacial score (nSPS) is 14.0. The number of thiocarbonyl (C=S) groups is 1. The predicted molar refractivity (Wildman–Crippen MR) is 158 cm³/mol. The highest BCUT2D eigenvalue weighted by atomic mass is 32.2. The second-order valence-electron chi connectivity index (χ2n) is 8.74. The summed E-state index contributed by atoms with van der Waals surface area (Å²) < 4.78 is 12.4. The van der Waals surface area contributed by atoms with Gasteiger partial charge in [0, 0.05) is 18.7 Å². The van der Waals surface area contributed by atoms with Crippen LogP contribution >= 0.6 is 24.0 Å². The van der Waals surface area contributed by atoms with Gasteiger partial charge in [-0.25, -0.2) is 0 Å². The molecule has 1 amide bonds. The molecule has 10 heteroatoms. The maximum Gasteiger partial charge on any atom is 0.270 e. The minimum atomic E-state index is -0.376. The highest BCUT2D eigenvalue weighted by Crippen LogP contribution is 2.36. The number of rotatable bonds is 9. The maximum atomic E-state index is 13.4. The van der Waals surface area contributed by atoms with Gasteiger partial charge in [-0.1, -0.05) is 48.2 Å². The third-order valence-corrected chi connectivity index (χ3v) is 7.84. The third-order valence-electron chi connectivity index (χ3n) is 6.46. The number of nitriles is 1. The van der Waals surface area contributed by atoms with Gasteiger partial charge >= 0.3 is 0 Å². The lowest BCUT2D eigenvalue weighted by molar-refractivity contribution is -0.122. The number of ether oxygens (including phenoxy) is 2. The van der Waals surface area contributed by atoms with Gasteiger partial charge in [0.05, 0.1) is 25.7 Å². The van der Waals surface area contributed by atoms with Gasteiger partial charge in [0.15, 0.2) is 0 Å². The summed E-state index contributed by atoms with van der Waals surface area (Å²) in [5, 5.41) is 13.1. The van der Waals surface area contributed by atoms with Gasteiger partial charge in [-0.05, 0) is 60.9 Å². The number of methoxy groups -OCH3 is 2. The number of carbonyl (C=O) groups is 1. The molecule has 1 aromatic heterocycles. The Balaban J connectivity index is 1.71. The van der Waals surface area contributed by atoms with Crippen LogP contribution in [0.1, 0.15) is 34.7 Å². The smallest absolute Gasteiger partial charge is 0.270 e. The summed E-state index contributed by atoms with van der Waals surface area (Å²) in [7, 11) is 3.21. The molecule has 1 aliphatic rings. The first-order valence-electron chi connectivity index (χ1n) is 12.2. The van der Waals surface area contributed by atoms with E-state index in [0.29, 0.717) is 45.8 Å². The Kier molecular flexibility index (Phi) is 8.74. The fraction of sp³-hybridized carbons (Fsp3) is 0.241. The lowest BCUT2D eigenvalue weighted by Crippen LogP contribution is -2.28. The third kappa shape index (κ3) is 5.85. The van der Waals surface area contributed by atoms with Gasteiger partial charge in [-0.15, -0.1) is 0 Å². The highest BCUT2D eigenvalue weighted by molar-refractivity contribution is 8.26. The molecule has 1 saturated heterocycles. The van der Waals surface area contributed by atoms with E-state index in [1.54, 1.807) is 32.1 Å². The number of hydrogen-bond donors (Lipinski definition) is 1. The van der Waals surface area contributed by atoms with Gasteiger partial charge in [0.25, 0.3) is 11.5 Å². The molecule has 39 heavy (non-hydrogen) atoms. The predicted octanol–water partition coefficient (Wildman–Crippen LogP) is 5.08. The van der Waals surface area contributed by atoms with Crippen molar-refractivity contribution in [2.75, 3.05) is 19.5 Å². The lowest BCUT2D eigenvalue weighted by atomic mass is 10.0. The summed E-state index contributed by atoms with van der Waals surface area (Å²) in [4.78, 5) is 28.5. The number of benzene rings is 2. The second kappa shape index (κ2) is 12.2. The number of anilines is 1. The zero-order chi connectivity index (χ0) is 28.1. The number of pyridine rings is 1. The van der Waals surface area contributed by atoms with Crippen molar-refractivity contribution in [1.29, 1.82) is 5.26 Å². The molecule has 1 aliphatic heterocycles. The Morgan fingerprint density at radius 2 is 1.62 bits per heavy atom. The summed E-state index contributed by atoms with van der Waals surface area (Å²) >= 11 is 6.75. The van der Waals surface area contributed by atoms with Crippen LogP contribution in [0.2, 0.25) is 0 Å². The summed E-state index contributed by atoms with van der Waals surface area (Å²) in [6.45, 7) is 4.66. The molecule has 2 heterocycles. The largest absolute Gasteiger partial charge is 0.497 e. The van der Waals surface area contributed by atoms with Crippen LogP contribution in [-0.2, 0) is 24.4 Å². The number of hydrogen-bond acceptors (Lipinski definition) is 8. The van der Waals surface area contributed by atoms with Gasteiger partial charge < -0.3 is 14.8 Å². The summed E-state index contributed by atoms with van der Waals surface area (Å²) in [5.74, 6) is 1.79. The highest BCUT2D eigenvalue weighted by Gasteiger charge is 2.33. The zero-order valence-corrected chi connectivity index (χ0v) is 23.7. The molecular formula is C29H28N4O4S2. The average molecular weight is 561 g/mol. The number of amides is 1. The van der Waals surface area contributed by atoms with Crippen molar-refractivity contribution < 1.29 is 14.3 Å². The summed E-state index contributed by atoms with van der Waals surface area (Å²) in [5.41, 5.74) is 2.67. The number of nitrogens with zero attached hydrogens (tertiary/aromatic N) is 3. The molecule has 1 fully saturated rings. The standard InChI is InChI=1S/C29H28N4O4S2/c1-5-32-26(31-16-19-6-10-21(36-3)11-7-19)23(18(2)24(15-30)27(32)34)14-25-28(35)33(29(38)39-25)17-20-8-12-22(37-4)13-9-20/h6-14,31H,5,16-17H2,1-4H3/b25-14+. The minimum Gasteiger partial charge on any atom is -0.497 e. The molecule has 8 nitrogen and oxygen atoms in total. The molecule has 0 saturated carbocycles. The molecule has 1 N–H and O–H groups in total. The molecule has 0 spiro atoms. The van der Waals surface area contributed by atoms with Crippen LogP contribution in [-0.4, -0.2) is 33.9 Å². The van der Waals surface area contributed by atoms with E-state index in [2.05, 4.69) is 5.32 Å². The monoisotopic (exact) mass is 560 g/mol. The fourth-order valence-corrected chi connectivity index (χ4v) is 5.50. The van der Waals surface area contributed by atoms with Crippen molar-refractivity contribution in [3.63, 3.8) is 0 Å². The SMILES string of the molecule is CCn1c(NCc2ccc(OC)cc2)c(/C=C2/SC(=S)N(Cc3ccc(OC)cc3)C2=O)c(C)c(C#N)c1=O. The number of thioether (sulfide) groups is 1. The molecule has 0 bridgehead atoms. The van der Waals surface area contributed by atoms with Gasteiger partial charge in [-0.3, -0.25) is 19.1 Å². The Labute approximate surface area is 236 Å². The van der Waals surface area contributed by atoms with E-state index in [0.717, 1.165) is 22.6 Å². The van der Waals surface area contributed by atoms with Crippen LogP contribution in [0.5, 0.6) is 11.5 Å². The van der Waals surface area contributed by atoms with Gasteiger partial charge in [0.2, 0.25) is 0 Å². The van der Waals surface area contributed by atoms with Crippen LogP contribution in [0.3, 0.4) is 0 Å². The fourth-order valence-electron chi connectivity index (χ4n) is 4.27. The van der Waals surface area contributed by atoms with Crippen molar-refractivity contribution in [2.24, 2.45) is 0 Å². The average Bonchev–Trinajstić information content (AvgIpc) is 3.21. The zero-order valence-electron chi connectivity index (χ0n) is 22.1. The van der Waals surface area contributed by atoms with Crippen molar-refractivity contribution in [3.8, 4) is 17.6 Å². The van der Waals surface area contributed by atoms with Crippen LogP contribution < -0.4 is 20.3 Å². The summed E-state index contributed by atoms with van der Waals surface area (Å²) in [6.07, 6.45) is 1.73. The molecule has 0 atom stereocenters. The molecule has 3 aromatic rings. The van der Waals surface area contributed by atoms with Crippen molar-refractivity contribution in [3.05, 3.63) is 91.6 Å². The molecule has 200 valence electrons. The first kappa shape index (κ1) is 28.0. The van der Waals surface area contributed by atoms with E-state index >= 15 is 0 Å². The number of carbonyl (C=O) groups excluding carboxylic acids is 1. The van der Waals surface area contributed by atoms with E-state index in [-0.39, 0.29) is 17.0 Å². The van der Waals surface area contributed by atoms with E-state index < -0.39 is 0 Å². The van der Waals surface area contributed by atoms with E-state index in [9.17, 15) is 14.9 Å². The number of aromatic nitrogens is 1. The Hall–Kier alpha value is -4.07. The van der Waals surface area contributed by atoms with Crippen LogP contribution in [0.15, 0.2) is 58.2 Å². The van der Waals surface area contributed by atoms with Crippen molar-refractivity contribution in [1.82, 2.24) is 9.47 Å². The molecule has 0 unspecified atom stereocenters. The van der Waals surface area contributed by atoms with E-state index in [1.165, 1.54) is 16.3 Å². The molecule has 0 aliphatic carbocycles. The van der Waals surface area contributed by atoms with E-state index in [1.807, 2.05) is 61.5 Å². The van der Waals surface area contributed by atoms with E-state index in [4.69, 9.17) is 21.7 Å². The Bertz CT molecular complexity index is 1540. The Morgan fingerprint density at radius 1 is 1.03 bits per heavy atom. The topological polar surface area (TPSA) is 96.6 Å². The molecular weight excluding hydrogens is 532 g/mol. The van der Waals surface area contributed by atoms with Crippen LogP contribution in [0.4, 0.5) is 5.82 Å². The quantitative estimate of drug-likeness (QED) is 0.286. The second-order valence-corrected chi connectivity index (χ2v) is 10.4. The van der Waals surface area contributed by atoms with Crippen molar-refractivity contribution >= 4 is 46.1 Å². The summed E-state index contributed by atoms with van der Waals surface area (Å²) in [6, 6.07) is 17.1. The van der Waals surface area contributed by atoms with Gasteiger partial charge in [0.1, 0.15) is 33.3 Å². The first-order valence-corrected chi connectivity index (χ1v) is 13.5. The van der Waals surface area contributed by atoms with Crippen molar-refractivity contribution in [2.45, 2.75) is 33.5 Å². The van der Waals surface area contributed by atoms with Crippen LogP contribution in [0.25, 0.3) is 6.08 Å². The lowest BCUT2D eigenvalue weighted by Gasteiger charge is -2.19. The van der Waals surface area contributed by atoms with Crippen LogP contribution in [0, 0.1) is 18.3 Å². The first-order chi connectivity index (χ1) is 18.8. The Morgan fingerprint density at radius 3 is 2.15 bits per heavy atom. The molecule has 2 aromatic carbocycles. The maximum absolute atomic E-state index is 13.4. The molecule has 0 radical (unpaired) electrons. The van der Waals surface area contributed by atoms with Gasteiger partial charge in [-0.2, -0.15) is 5.26 Å². The minimum absolute atomic E-state index is 0.0480. The number of nitrogens with one attached hydrogen (secondary N) is 1. The molecule has 4 rings (SSSR count).